The van der Waals surface area contributed by atoms with Crippen molar-refractivity contribution in [3.63, 3.8) is 0 Å². The van der Waals surface area contributed by atoms with Crippen LogP contribution in [0.1, 0.15) is 32.5 Å². The zero-order valence-corrected chi connectivity index (χ0v) is 12.9. The van der Waals surface area contributed by atoms with Gasteiger partial charge in [0.15, 0.2) is 11.2 Å². The van der Waals surface area contributed by atoms with Gasteiger partial charge in [-0.1, -0.05) is 6.92 Å². The SMILES string of the molecule is CCc1nc2c(c(=O)n(CC)c(=O)n2C)n1CCCCN. The van der Waals surface area contributed by atoms with Crippen LogP contribution < -0.4 is 17.0 Å². The Morgan fingerprint density at radius 2 is 1.86 bits per heavy atom. The molecule has 0 saturated carbocycles. The Balaban J connectivity index is 2.74. The number of hydrogen-bond donors (Lipinski definition) is 1. The van der Waals surface area contributed by atoms with Gasteiger partial charge in [-0.25, -0.2) is 9.78 Å². The first-order chi connectivity index (χ1) is 10.1. The highest BCUT2D eigenvalue weighted by molar-refractivity contribution is 5.71. The van der Waals surface area contributed by atoms with Crippen molar-refractivity contribution >= 4 is 11.2 Å². The van der Waals surface area contributed by atoms with Gasteiger partial charge in [0, 0.05) is 26.6 Å². The highest BCUT2D eigenvalue weighted by Crippen LogP contribution is 2.13. The Kier molecular flexibility index (Phi) is 4.62. The van der Waals surface area contributed by atoms with Crippen LogP contribution in [0.15, 0.2) is 9.59 Å². The van der Waals surface area contributed by atoms with Gasteiger partial charge >= 0.3 is 5.69 Å². The van der Waals surface area contributed by atoms with Gasteiger partial charge < -0.3 is 10.3 Å². The minimum absolute atomic E-state index is 0.254. The summed E-state index contributed by atoms with van der Waals surface area (Å²) in [6.07, 6.45) is 2.51. The average Bonchev–Trinajstić information content (AvgIpc) is 2.85. The van der Waals surface area contributed by atoms with Crippen LogP contribution in [0.5, 0.6) is 0 Å². The summed E-state index contributed by atoms with van der Waals surface area (Å²) >= 11 is 0. The summed E-state index contributed by atoms with van der Waals surface area (Å²) in [5, 5.41) is 0. The first-order valence-corrected chi connectivity index (χ1v) is 7.45. The monoisotopic (exact) mass is 293 g/mol. The zero-order chi connectivity index (χ0) is 15.6. The van der Waals surface area contributed by atoms with E-state index in [1.807, 2.05) is 11.5 Å². The highest BCUT2D eigenvalue weighted by Gasteiger charge is 2.18. The van der Waals surface area contributed by atoms with E-state index in [0.29, 0.717) is 30.8 Å². The smallest absolute Gasteiger partial charge is 0.330 e. The normalized spacial score (nSPS) is 11.4. The van der Waals surface area contributed by atoms with Crippen molar-refractivity contribution < 1.29 is 0 Å². The third kappa shape index (κ3) is 2.53. The number of unbranched alkanes of at least 4 members (excludes halogenated alkanes) is 1. The van der Waals surface area contributed by atoms with Crippen molar-refractivity contribution in [2.24, 2.45) is 12.8 Å². The van der Waals surface area contributed by atoms with Gasteiger partial charge in [0.25, 0.3) is 5.56 Å². The molecular formula is C14H23N5O2. The van der Waals surface area contributed by atoms with Crippen molar-refractivity contribution in [1.82, 2.24) is 18.7 Å². The number of aryl methyl sites for hydroxylation is 3. The fraction of sp³-hybridized carbons (Fsp3) is 0.643. The van der Waals surface area contributed by atoms with Crippen LogP contribution in [-0.2, 0) is 26.6 Å². The van der Waals surface area contributed by atoms with E-state index in [4.69, 9.17) is 5.73 Å². The topological polar surface area (TPSA) is 87.8 Å². The van der Waals surface area contributed by atoms with Crippen LogP contribution in [0.25, 0.3) is 11.2 Å². The molecule has 0 aliphatic heterocycles. The number of fused-ring (bicyclic) bond motifs is 1. The quantitative estimate of drug-likeness (QED) is 0.772. The lowest BCUT2D eigenvalue weighted by Crippen LogP contribution is -2.39. The molecule has 2 N–H and O–H groups in total. The Bertz CT molecular complexity index is 753. The first-order valence-electron chi connectivity index (χ1n) is 7.45. The summed E-state index contributed by atoms with van der Waals surface area (Å²) in [6.45, 7) is 5.48. The number of hydrogen-bond acceptors (Lipinski definition) is 4. The van der Waals surface area contributed by atoms with E-state index in [2.05, 4.69) is 4.98 Å². The molecule has 7 heteroatoms. The summed E-state index contributed by atoms with van der Waals surface area (Å²) in [4.78, 5) is 29.2. The molecule has 0 aliphatic rings. The Labute approximate surface area is 123 Å². The fourth-order valence-corrected chi connectivity index (χ4v) is 2.62. The molecule has 0 fully saturated rings. The zero-order valence-electron chi connectivity index (χ0n) is 12.9. The lowest BCUT2D eigenvalue weighted by Gasteiger charge is -2.09. The number of imidazole rings is 1. The van der Waals surface area contributed by atoms with Crippen LogP contribution in [0, 0.1) is 0 Å². The van der Waals surface area contributed by atoms with Gasteiger partial charge in [0.2, 0.25) is 0 Å². The summed E-state index contributed by atoms with van der Waals surface area (Å²) in [5.74, 6) is 0.836. The summed E-state index contributed by atoms with van der Waals surface area (Å²) in [7, 11) is 1.66. The van der Waals surface area contributed by atoms with Gasteiger partial charge in [0.05, 0.1) is 0 Å². The molecule has 2 heterocycles. The Hall–Kier alpha value is -1.89. The summed E-state index contributed by atoms with van der Waals surface area (Å²) in [6, 6.07) is 0. The third-order valence-corrected chi connectivity index (χ3v) is 3.78. The molecule has 2 aromatic rings. The molecule has 116 valence electrons. The van der Waals surface area contributed by atoms with Crippen LogP contribution in [0.3, 0.4) is 0 Å². The van der Waals surface area contributed by atoms with Crippen LogP contribution in [-0.4, -0.2) is 25.2 Å². The maximum Gasteiger partial charge on any atom is 0.332 e. The van der Waals surface area contributed by atoms with Crippen molar-refractivity contribution in [3.8, 4) is 0 Å². The van der Waals surface area contributed by atoms with E-state index < -0.39 is 0 Å². The Morgan fingerprint density at radius 3 is 2.43 bits per heavy atom. The van der Waals surface area contributed by atoms with Gasteiger partial charge in [0.1, 0.15) is 5.82 Å². The molecule has 7 nitrogen and oxygen atoms in total. The third-order valence-electron chi connectivity index (χ3n) is 3.78. The first kappa shape index (κ1) is 15.5. The summed E-state index contributed by atoms with van der Waals surface area (Å²) in [5.41, 5.74) is 5.96. The molecule has 0 aromatic carbocycles. The van der Waals surface area contributed by atoms with Crippen LogP contribution in [0.4, 0.5) is 0 Å². The number of aromatic nitrogens is 4. The predicted molar refractivity (Wildman–Crippen MR) is 82.6 cm³/mol. The van der Waals surface area contributed by atoms with E-state index in [1.165, 1.54) is 9.13 Å². The molecule has 0 amide bonds. The minimum Gasteiger partial charge on any atom is -0.330 e. The second-order valence-electron chi connectivity index (χ2n) is 5.09. The Morgan fingerprint density at radius 1 is 1.14 bits per heavy atom. The van der Waals surface area contributed by atoms with E-state index in [0.717, 1.165) is 25.1 Å². The maximum atomic E-state index is 12.6. The number of nitrogens with zero attached hydrogens (tertiary/aromatic N) is 4. The van der Waals surface area contributed by atoms with Crippen LogP contribution >= 0.6 is 0 Å². The van der Waals surface area contributed by atoms with E-state index in [-0.39, 0.29) is 11.2 Å². The number of nitrogens with two attached hydrogens (primary N) is 1. The second-order valence-corrected chi connectivity index (χ2v) is 5.09. The molecule has 0 aliphatic carbocycles. The van der Waals surface area contributed by atoms with Crippen molar-refractivity contribution in [1.29, 1.82) is 0 Å². The molecule has 0 saturated heterocycles. The highest BCUT2D eigenvalue weighted by atomic mass is 16.2. The molecule has 2 aromatic heterocycles. The van der Waals surface area contributed by atoms with E-state index >= 15 is 0 Å². The van der Waals surface area contributed by atoms with Crippen molar-refractivity contribution in [2.75, 3.05) is 6.54 Å². The molecular weight excluding hydrogens is 270 g/mol. The standard InChI is InChI=1S/C14H23N5O2/c1-4-10-16-12-11(19(10)9-7-6-8-15)13(20)18(5-2)14(21)17(12)3/h4-9,15H2,1-3H3. The molecule has 0 spiro atoms. The largest absolute Gasteiger partial charge is 0.332 e. The van der Waals surface area contributed by atoms with Gasteiger partial charge in [-0.15, -0.1) is 0 Å². The molecule has 0 atom stereocenters. The molecule has 0 radical (unpaired) electrons. The lowest BCUT2D eigenvalue weighted by atomic mass is 10.3. The number of rotatable bonds is 6. The van der Waals surface area contributed by atoms with E-state index in [9.17, 15) is 9.59 Å². The molecule has 2 rings (SSSR count). The van der Waals surface area contributed by atoms with Crippen molar-refractivity contribution in [3.05, 3.63) is 26.7 Å². The molecule has 0 unspecified atom stereocenters. The summed E-state index contributed by atoms with van der Waals surface area (Å²) < 4.78 is 4.65. The molecule has 21 heavy (non-hydrogen) atoms. The average molecular weight is 293 g/mol. The van der Waals surface area contributed by atoms with Crippen molar-refractivity contribution in [2.45, 2.75) is 46.2 Å². The van der Waals surface area contributed by atoms with Crippen LogP contribution in [0.2, 0.25) is 0 Å². The second kappa shape index (κ2) is 6.26. The van der Waals surface area contributed by atoms with E-state index in [1.54, 1.807) is 14.0 Å². The predicted octanol–water partition coefficient (Wildman–Crippen LogP) is 0.218. The minimum atomic E-state index is -0.315. The maximum absolute atomic E-state index is 12.6. The lowest BCUT2D eigenvalue weighted by molar-refractivity contribution is 0.596. The van der Waals surface area contributed by atoms with Gasteiger partial charge in [-0.3, -0.25) is 13.9 Å². The van der Waals surface area contributed by atoms with Gasteiger partial charge in [-0.2, -0.15) is 0 Å². The fourth-order valence-electron chi connectivity index (χ4n) is 2.62. The molecule has 0 bridgehead atoms. The van der Waals surface area contributed by atoms with Gasteiger partial charge in [-0.05, 0) is 26.3 Å².